The smallest absolute Gasteiger partial charge is 0.165 e. The summed E-state index contributed by atoms with van der Waals surface area (Å²) in [5, 5.41) is 12.7. The molecular weight excluding hydrogens is 233 g/mol. The molecule has 100 valence electrons. The van der Waals surface area contributed by atoms with Crippen molar-refractivity contribution in [2.75, 3.05) is 20.3 Å². The van der Waals surface area contributed by atoms with Gasteiger partial charge in [0.15, 0.2) is 11.6 Å². The lowest BCUT2D eigenvalue weighted by Gasteiger charge is -2.25. The van der Waals surface area contributed by atoms with Crippen molar-refractivity contribution in [2.24, 2.45) is 5.41 Å². The predicted octanol–water partition coefficient (Wildman–Crippen LogP) is 2.26. The van der Waals surface area contributed by atoms with Crippen LogP contribution in [0.15, 0.2) is 18.2 Å². The van der Waals surface area contributed by atoms with Crippen LogP contribution in [0.1, 0.15) is 31.4 Å². The highest BCUT2D eigenvalue weighted by atomic mass is 19.1. The lowest BCUT2D eigenvalue weighted by atomic mass is 9.90. The Morgan fingerprint density at radius 2 is 2.22 bits per heavy atom. The summed E-state index contributed by atoms with van der Waals surface area (Å²) in [6.45, 7) is 2.41. The fourth-order valence-corrected chi connectivity index (χ4v) is 2.49. The minimum absolute atomic E-state index is 0.00678. The second-order valence-corrected chi connectivity index (χ2v) is 4.87. The summed E-state index contributed by atoms with van der Waals surface area (Å²) in [6.07, 6.45) is 1.95. The molecule has 3 nitrogen and oxygen atoms in total. The lowest BCUT2D eigenvalue weighted by molar-refractivity contribution is 0.175. The predicted molar refractivity (Wildman–Crippen MR) is 68.1 cm³/mol. The van der Waals surface area contributed by atoms with Crippen LogP contribution in [0.4, 0.5) is 4.39 Å². The van der Waals surface area contributed by atoms with Crippen molar-refractivity contribution in [3.8, 4) is 5.75 Å². The van der Waals surface area contributed by atoms with E-state index in [1.165, 1.54) is 6.07 Å². The molecule has 1 aromatic carbocycles. The van der Waals surface area contributed by atoms with Crippen LogP contribution in [0.25, 0.3) is 0 Å². The monoisotopic (exact) mass is 253 g/mol. The molecule has 18 heavy (non-hydrogen) atoms. The van der Waals surface area contributed by atoms with Crippen molar-refractivity contribution in [3.63, 3.8) is 0 Å². The van der Waals surface area contributed by atoms with Crippen LogP contribution >= 0.6 is 0 Å². The Hall–Kier alpha value is -1.13. The van der Waals surface area contributed by atoms with Crippen LogP contribution in [0.2, 0.25) is 0 Å². The largest absolute Gasteiger partial charge is 0.491 e. The van der Waals surface area contributed by atoms with Crippen molar-refractivity contribution >= 4 is 0 Å². The maximum Gasteiger partial charge on any atom is 0.165 e. The first-order chi connectivity index (χ1) is 8.66. The topological polar surface area (TPSA) is 41.5 Å². The van der Waals surface area contributed by atoms with Crippen molar-refractivity contribution in [1.29, 1.82) is 0 Å². The van der Waals surface area contributed by atoms with E-state index in [4.69, 9.17) is 4.74 Å². The molecule has 4 heteroatoms. The van der Waals surface area contributed by atoms with Gasteiger partial charge in [-0.25, -0.2) is 4.39 Å². The molecule has 0 radical (unpaired) electrons. The molecular formula is C14H20FNO2. The van der Waals surface area contributed by atoms with Gasteiger partial charge < -0.3 is 15.2 Å². The Labute approximate surface area is 107 Å². The first-order valence-corrected chi connectivity index (χ1v) is 6.37. The van der Waals surface area contributed by atoms with Crippen LogP contribution in [0.3, 0.4) is 0 Å². The summed E-state index contributed by atoms with van der Waals surface area (Å²) in [5.74, 6) is -0.0618. The number of rotatable bonds is 6. The zero-order chi connectivity index (χ0) is 13.2. The summed E-state index contributed by atoms with van der Waals surface area (Å²) >= 11 is 0. The van der Waals surface area contributed by atoms with Gasteiger partial charge in [-0.2, -0.15) is 0 Å². The van der Waals surface area contributed by atoms with Gasteiger partial charge in [-0.3, -0.25) is 0 Å². The second kappa shape index (κ2) is 5.24. The first-order valence-electron chi connectivity index (χ1n) is 6.37. The molecule has 1 aliphatic carbocycles. The average Bonchev–Trinajstić information content (AvgIpc) is 3.15. The molecule has 2 N–H and O–H groups in total. The fourth-order valence-electron chi connectivity index (χ4n) is 2.49. The molecule has 0 aliphatic heterocycles. The average molecular weight is 253 g/mol. The van der Waals surface area contributed by atoms with E-state index in [-0.39, 0.29) is 29.6 Å². The van der Waals surface area contributed by atoms with Gasteiger partial charge in [-0.1, -0.05) is 6.07 Å². The van der Waals surface area contributed by atoms with Gasteiger partial charge in [0.1, 0.15) is 0 Å². The maximum atomic E-state index is 13.8. The van der Waals surface area contributed by atoms with Gasteiger partial charge in [0, 0.05) is 11.5 Å². The second-order valence-electron chi connectivity index (χ2n) is 4.87. The minimum Gasteiger partial charge on any atom is -0.491 e. The molecule has 1 atom stereocenters. The minimum atomic E-state index is -0.344. The van der Waals surface area contributed by atoms with Gasteiger partial charge in [-0.15, -0.1) is 0 Å². The zero-order valence-corrected chi connectivity index (χ0v) is 10.9. The number of hydrogen-bond acceptors (Lipinski definition) is 3. The normalized spacial score (nSPS) is 18.4. The molecule has 1 fully saturated rings. The molecule has 1 saturated carbocycles. The summed E-state index contributed by atoms with van der Waals surface area (Å²) in [5.41, 5.74) is 0.749. The number of hydrogen-bond donors (Lipinski definition) is 2. The first kappa shape index (κ1) is 13.3. The van der Waals surface area contributed by atoms with Crippen molar-refractivity contribution in [1.82, 2.24) is 5.32 Å². The number of ether oxygens (including phenoxy) is 1. The highest BCUT2D eigenvalue weighted by molar-refractivity contribution is 5.33. The standard InChI is InChI=1S/C14H20FNO2/c1-3-18-12-5-4-10(8-11(12)15)13(16-2)14(9-17)6-7-14/h4-5,8,13,16-17H,3,6-7,9H2,1-2H3. The van der Waals surface area contributed by atoms with Gasteiger partial charge >= 0.3 is 0 Å². The number of benzene rings is 1. The Bertz CT molecular complexity index is 418. The van der Waals surface area contributed by atoms with Crippen molar-refractivity contribution < 1.29 is 14.2 Å². The molecule has 0 aromatic heterocycles. The van der Waals surface area contributed by atoms with E-state index in [0.29, 0.717) is 6.61 Å². The number of aliphatic hydroxyl groups excluding tert-OH is 1. The third-order valence-electron chi connectivity index (χ3n) is 3.70. The number of nitrogens with one attached hydrogen (secondary N) is 1. The van der Waals surface area contributed by atoms with Gasteiger partial charge in [0.05, 0.1) is 13.2 Å². The van der Waals surface area contributed by atoms with Crippen LogP contribution in [-0.2, 0) is 0 Å². The van der Waals surface area contributed by atoms with E-state index in [9.17, 15) is 9.50 Å². The van der Waals surface area contributed by atoms with E-state index in [0.717, 1.165) is 18.4 Å². The summed E-state index contributed by atoms with van der Waals surface area (Å²) in [4.78, 5) is 0. The highest BCUT2D eigenvalue weighted by Crippen LogP contribution is 2.54. The molecule has 1 aromatic rings. The summed E-state index contributed by atoms with van der Waals surface area (Å²) < 4.78 is 19.0. The van der Waals surface area contributed by atoms with E-state index >= 15 is 0 Å². The quantitative estimate of drug-likeness (QED) is 0.817. The van der Waals surface area contributed by atoms with Crippen LogP contribution in [0, 0.1) is 11.2 Å². The van der Waals surface area contributed by atoms with Crippen molar-refractivity contribution in [3.05, 3.63) is 29.6 Å². The Morgan fingerprint density at radius 3 is 2.67 bits per heavy atom. The van der Waals surface area contributed by atoms with Crippen molar-refractivity contribution in [2.45, 2.75) is 25.8 Å². The van der Waals surface area contributed by atoms with Crippen LogP contribution < -0.4 is 10.1 Å². The fraction of sp³-hybridized carbons (Fsp3) is 0.571. The highest BCUT2D eigenvalue weighted by Gasteiger charge is 2.49. The van der Waals surface area contributed by atoms with E-state index < -0.39 is 0 Å². The van der Waals surface area contributed by atoms with E-state index in [1.54, 1.807) is 6.07 Å². The molecule has 0 bridgehead atoms. The number of halogens is 1. The lowest BCUT2D eigenvalue weighted by Crippen LogP contribution is -2.29. The van der Waals surface area contributed by atoms with Gasteiger partial charge in [0.2, 0.25) is 0 Å². The van der Waals surface area contributed by atoms with E-state index in [1.807, 2.05) is 20.0 Å². The molecule has 0 spiro atoms. The Balaban J connectivity index is 2.24. The van der Waals surface area contributed by atoms with Gasteiger partial charge in [0.25, 0.3) is 0 Å². The Kier molecular flexibility index (Phi) is 3.88. The number of aliphatic hydroxyl groups is 1. The molecule has 0 heterocycles. The zero-order valence-electron chi connectivity index (χ0n) is 10.9. The summed E-state index contributed by atoms with van der Waals surface area (Å²) in [7, 11) is 1.84. The third kappa shape index (κ3) is 2.35. The molecule has 0 saturated heterocycles. The van der Waals surface area contributed by atoms with Crippen LogP contribution in [-0.4, -0.2) is 25.4 Å². The molecule has 1 unspecified atom stereocenters. The maximum absolute atomic E-state index is 13.8. The SMILES string of the molecule is CCOc1ccc(C(NC)C2(CO)CC2)cc1F. The summed E-state index contributed by atoms with van der Waals surface area (Å²) in [6, 6.07) is 5.02. The molecule has 2 rings (SSSR count). The van der Waals surface area contributed by atoms with E-state index in [2.05, 4.69) is 5.32 Å². The molecule has 1 aliphatic rings. The Morgan fingerprint density at radius 1 is 1.50 bits per heavy atom. The van der Waals surface area contributed by atoms with Gasteiger partial charge in [-0.05, 0) is 44.5 Å². The third-order valence-corrected chi connectivity index (χ3v) is 3.70. The molecule has 0 amide bonds. The van der Waals surface area contributed by atoms with Crippen LogP contribution in [0.5, 0.6) is 5.75 Å².